The van der Waals surface area contributed by atoms with Gasteiger partial charge in [-0.05, 0) is 50.5 Å². The lowest BCUT2D eigenvalue weighted by molar-refractivity contribution is -0.158. The quantitative estimate of drug-likeness (QED) is 0.565. The second-order valence-corrected chi connectivity index (χ2v) is 6.64. The molecule has 7 heteroatoms. The minimum absolute atomic E-state index is 0.0412. The molecule has 2 aromatic rings. The lowest BCUT2D eigenvalue weighted by atomic mass is 10.2. The molecule has 130 valence electrons. The molecule has 0 amide bonds. The van der Waals surface area contributed by atoms with Crippen LogP contribution in [0.1, 0.15) is 25.1 Å². The van der Waals surface area contributed by atoms with Gasteiger partial charge in [0.05, 0.1) is 13.7 Å². The maximum Gasteiger partial charge on any atom is 0.195 e. The molecule has 0 unspecified atom stereocenters. The third-order valence-corrected chi connectivity index (χ3v) is 4.78. The van der Waals surface area contributed by atoms with Crippen molar-refractivity contribution in [2.24, 2.45) is 0 Å². The molecule has 6 nitrogen and oxygen atoms in total. The first-order chi connectivity index (χ1) is 11.8. The Morgan fingerprint density at radius 1 is 1.25 bits per heavy atom. The van der Waals surface area contributed by atoms with Gasteiger partial charge in [0.1, 0.15) is 11.6 Å². The summed E-state index contributed by atoms with van der Waals surface area (Å²) in [5, 5.41) is 9.34. The molecule has 1 aromatic carbocycles. The topological polar surface area (TPSA) is 58.4 Å². The first-order valence-electron chi connectivity index (χ1n) is 8.20. The summed E-state index contributed by atoms with van der Waals surface area (Å²) >= 11 is 1.64. The predicted molar refractivity (Wildman–Crippen MR) is 92.9 cm³/mol. The summed E-state index contributed by atoms with van der Waals surface area (Å²) < 4.78 is 18.6. The number of aryl methyl sites for hydroxylation is 1. The largest absolute Gasteiger partial charge is 0.497 e. The van der Waals surface area contributed by atoms with Crippen LogP contribution in [0.3, 0.4) is 0 Å². The minimum atomic E-state index is -0.0412. The number of hydrogen-bond donors (Lipinski definition) is 0. The molecule has 1 fully saturated rings. The van der Waals surface area contributed by atoms with Crippen molar-refractivity contribution < 1.29 is 14.2 Å². The van der Waals surface area contributed by atoms with Crippen molar-refractivity contribution in [3.63, 3.8) is 0 Å². The molecule has 3 rings (SSSR count). The predicted octanol–water partition coefficient (Wildman–Crippen LogP) is 3.22. The minimum Gasteiger partial charge on any atom is -0.497 e. The van der Waals surface area contributed by atoms with Gasteiger partial charge in [0, 0.05) is 18.0 Å². The van der Waals surface area contributed by atoms with E-state index in [2.05, 4.69) is 10.2 Å². The van der Waals surface area contributed by atoms with Crippen molar-refractivity contribution in [2.45, 2.75) is 37.6 Å². The van der Waals surface area contributed by atoms with Gasteiger partial charge < -0.3 is 14.2 Å². The summed E-state index contributed by atoms with van der Waals surface area (Å²) in [6, 6.07) is 7.89. The zero-order chi connectivity index (χ0) is 16.8. The van der Waals surface area contributed by atoms with Crippen molar-refractivity contribution in [3.05, 3.63) is 30.1 Å². The summed E-state index contributed by atoms with van der Waals surface area (Å²) in [6.45, 7) is 3.40. The standard InChI is InChI=1S/C17H23N3O3S/c1-13-18-19-17(20(13)14-6-8-15(21-2)9-7-14)24-12-11-23-16-5-3-4-10-22-16/h6-9,16H,3-5,10-12H2,1-2H3/t16-/m1/s1. The number of aromatic nitrogens is 3. The van der Waals surface area contributed by atoms with E-state index in [0.29, 0.717) is 6.61 Å². The van der Waals surface area contributed by atoms with E-state index in [1.54, 1.807) is 18.9 Å². The number of benzene rings is 1. The van der Waals surface area contributed by atoms with Crippen LogP contribution in [0.25, 0.3) is 5.69 Å². The summed E-state index contributed by atoms with van der Waals surface area (Å²) in [7, 11) is 1.66. The van der Waals surface area contributed by atoms with E-state index in [-0.39, 0.29) is 6.29 Å². The highest BCUT2D eigenvalue weighted by atomic mass is 32.2. The van der Waals surface area contributed by atoms with Crippen LogP contribution in [0.2, 0.25) is 0 Å². The Morgan fingerprint density at radius 2 is 2.08 bits per heavy atom. The van der Waals surface area contributed by atoms with Crippen molar-refractivity contribution in [1.82, 2.24) is 14.8 Å². The molecule has 1 aliphatic rings. The molecule has 0 aliphatic carbocycles. The van der Waals surface area contributed by atoms with Crippen LogP contribution < -0.4 is 4.74 Å². The second-order valence-electron chi connectivity index (χ2n) is 5.58. The molecule has 24 heavy (non-hydrogen) atoms. The maximum atomic E-state index is 5.77. The Morgan fingerprint density at radius 3 is 2.79 bits per heavy atom. The Kier molecular flexibility index (Phi) is 6.12. The van der Waals surface area contributed by atoms with Crippen LogP contribution >= 0.6 is 11.8 Å². The first-order valence-corrected chi connectivity index (χ1v) is 9.19. The third kappa shape index (κ3) is 4.28. The highest BCUT2D eigenvalue weighted by molar-refractivity contribution is 7.99. The molecule has 1 aliphatic heterocycles. The summed E-state index contributed by atoms with van der Waals surface area (Å²) in [5.74, 6) is 2.51. The molecule has 2 heterocycles. The van der Waals surface area contributed by atoms with Gasteiger partial charge in [0.2, 0.25) is 0 Å². The molecule has 0 bridgehead atoms. The molecular weight excluding hydrogens is 326 g/mol. The Bertz CT molecular complexity index is 639. The van der Waals surface area contributed by atoms with Gasteiger partial charge in [0.15, 0.2) is 11.4 Å². The molecule has 1 aromatic heterocycles. The lowest BCUT2D eigenvalue weighted by Gasteiger charge is -2.22. The molecule has 0 N–H and O–H groups in total. The number of methoxy groups -OCH3 is 1. The highest BCUT2D eigenvalue weighted by Crippen LogP contribution is 2.23. The third-order valence-electron chi connectivity index (χ3n) is 3.88. The fourth-order valence-corrected chi connectivity index (χ4v) is 3.45. The number of thioether (sulfide) groups is 1. The summed E-state index contributed by atoms with van der Waals surface area (Å²) in [5.41, 5.74) is 1.03. The van der Waals surface area contributed by atoms with Gasteiger partial charge in [-0.3, -0.25) is 4.57 Å². The van der Waals surface area contributed by atoms with E-state index in [9.17, 15) is 0 Å². The van der Waals surface area contributed by atoms with Crippen molar-refractivity contribution in [3.8, 4) is 11.4 Å². The Labute approximate surface area is 146 Å². The first kappa shape index (κ1) is 17.3. The van der Waals surface area contributed by atoms with Crippen LogP contribution in [0.4, 0.5) is 0 Å². The van der Waals surface area contributed by atoms with Crippen molar-refractivity contribution in [2.75, 3.05) is 26.1 Å². The second kappa shape index (κ2) is 8.50. The SMILES string of the molecule is COc1ccc(-n2c(C)nnc2SCCO[C@@H]2CCCCO2)cc1. The fourth-order valence-electron chi connectivity index (χ4n) is 2.62. The Hall–Kier alpha value is -1.57. The van der Waals surface area contributed by atoms with Crippen molar-refractivity contribution >= 4 is 11.8 Å². The normalized spacial score (nSPS) is 17.8. The van der Waals surface area contributed by atoms with Crippen molar-refractivity contribution in [1.29, 1.82) is 0 Å². The monoisotopic (exact) mass is 349 g/mol. The van der Waals surface area contributed by atoms with E-state index in [1.165, 1.54) is 6.42 Å². The number of nitrogens with zero attached hydrogens (tertiary/aromatic N) is 3. The van der Waals surface area contributed by atoms with E-state index < -0.39 is 0 Å². The van der Waals surface area contributed by atoms with Crippen LogP contribution in [0, 0.1) is 6.92 Å². The zero-order valence-corrected chi connectivity index (χ0v) is 14.9. The Balaban J connectivity index is 1.57. The van der Waals surface area contributed by atoms with E-state index in [4.69, 9.17) is 14.2 Å². The smallest absolute Gasteiger partial charge is 0.195 e. The maximum absolute atomic E-state index is 5.77. The molecule has 0 saturated carbocycles. The van der Waals surface area contributed by atoms with Crippen LogP contribution in [-0.4, -0.2) is 47.1 Å². The van der Waals surface area contributed by atoms with E-state index >= 15 is 0 Å². The van der Waals surface area contributed by atoms with Gasteiger partial charge >= 0.3 is 0 Å². The average molecular weight is 349 g/mol. The molecule has 0 radical (unpaired) electrons. The number of ether oxygens (including phenoxy) is 3. The highest BCUT2D eigenvalue weighted by Gasteiger charge is 2.15. The van der Waals surface area contributed by atoms with Gasteiger partial charge in [-0.2, -0.15) is 0 Å². The summed E-state index contributed by atoms with van der Waals surface area (Å²) in [4.78, 5) is 0. The van der Waals surface area contributed by atoms with E-state index in [0.717, 1.165) is 47.6 Å². The van der Waals surface area contributed by atoms with E-state index in [1.807, 2.05) is 35.8 Å². The van der Waals surface area contributed by atoms with Gasteiger partial charge in [-0.15, -0.1) is 10.2 Å². The van der Waals surface area contributed by atoms with Gasteiger partial charge in [-0.25, -0.2) is 0 Å². The van der Waals surface area contributed by atoms with Crippen LogP contribution in [-0.2, 0) is 9.47 Å². The molecular formula is C17H23N3O3S. The van der Waals surface area contributed by atoms with Crippen LogP contribution in [0.5, 0.6) is 5.75 Å². The fraction of sp³-hybridized carbons (Fsp3) is 0.529. The zero-order valence-electron chi connectivity index (χ0n) is 14.1. The lowest BCUT2D eigenvalue weighted by Crippen LogP contribution is -2.23. The number of rotatable bonds is 7. The summed E-state index contributed by atoms with van der Waals surface area (Å²) in [6.07, 6.45) is 3.27. The van der Waals surface area contributed by atoms with Gasteiger partial charge in [0.25, 0.3) is 0 Å². The molecule has 1 atom stereocenters. The average Bonchev–Trinajstić information content (AvgIpc) is 3.00. The molecule has 0 spiro atoms. The van der Waals surface area contributed by atoms with Crippen LogP contribution in [0.15, 0.2) is 29.4 Å². The molecule has 1 saturated heterocycles. The number of hydrogen-bond acceptors (Lipinski definition) is 6. The van der Waals surface area contributed by atoms with Gasteiger partial charge in [-0.1, -0.05) is 11.8 Å².